The average molecular weight is 237 g/mol. The van der Waals surface area contributed by atoms with E-state index in [-0.39, 0.29) is 34.7 Å². The van der Waals surface area contributed by atoms with Crippen molar-refractivity contribution in [1.82, 2.24) is 4.90 Å². The van der Waals surface area contributed by atoms with E-state index in [0.29, 0.717) is 13.2 Å². The minimum atomic E-state index is -0.375. The molecule has 94 valence electrons. The molecule has 2 heterocycles. The lowest BCUT2D eigenvalue weighted by Gasteiger charge is -2.47. The number of hydrogen-bond acceptors (Lipinski definition) is 3. The van der Waals surface area contributed by atoms with Crippen LogP contribution in [0.5, 0.6) is 0 Å². The Morgan fingerprint density at radius 1 is 1.35 bits per heavy atom. The van der Waals surface area contributed by atoms with Crippen LogP contribution in [0.25, 0.3) is 0 Å². The fourth-order valence-electron chi connectivity index (χ4n) is 3.45. The highest BCUT2D eigenvalue weighted by atomic mass is 16.6. The summed E-state index contributed by atoms with van der Waals surface area (Å²) in [7, 11) is 0. The van der Waals surface area contributed by atoms with Gasteiger partial charge >= 0.3 is 0 Å². The van der Waals surface area contributed by atoms with Crippen LogP contribution >= 0.6 is 0 Å². The van der Waals surface area contributed by atoms with Gasteiger partial charge in [-0.1, -0.05) is 20.8 Å². The van der Waals surface area contributed by atoms with Crippen molar-refractivity contribution in [3.8, 4) is 0 Å². The molecule has 2 bridgehead atoms. The summed E-state index contributed by atoms with van der Waals surface area (Å²) in [6.07, 6.45) is 1.76. The first-order valence-electron chi connectivity index (χ1n) is 6.35. The summed E-state index contributed by atoms with van der Waals surface area (Å²) in [5.74, 6) is 0.0335. The number of piperidine rings is 1. The number of ether oxygens (including phenoxy) is 1. The Labute approximate surface area is 101 Å². The highest BCUT2D eigenvalue weighted by Crippen LogP contribution is 2.60. The predicted molar refractivity (Wildman–Crippen MR) is 61.1 cm³/mol. The molecule has 1 aliphatic carbocycles. The van der Waals surface area contributed by atoms with Crippen LogP contribution in [0.2, 0.25) is 0 Å². The lowest BCUT2D eigenvalue weighted by atomic mass is 9.62. The number of amides is 2. The third-order valence-electron chi connectivity index (χ3n) is 5.30. The monoisotopic (exact) mass is 237 g/mol. The molecule has 3 atom stereocenters. The SMILES string of the molecule is CC1(C)[C@@H]2CC[C@]1(C)C(=O)N(C[C@@H]1CO1)C2=O. The largest absolute Gasteiger partial charge is 0.371 e. The number of rotatable bonds is 2. The number of carbonyl (C=O) groups is 2. The van der Waals surface area contributed by atoms with Crippen LogP contribution in [0.1, 0.15) is 33.6 Å². The fraction of sp³-hybridized carbons (Fsp3) is 0.846. The number of hydrogen-bond donors (Lipinski definition) is 0. The smallest absolute Gasteiger partial charge is 0.235 e. The predicted octanol–water partition coefficient (Wildman–Crippen LogP) is 1.20. The summed E-state index contributed by atoms with van der Waals surface area (Å²) >= 11 is 0. The molecule has 17 heavy (non-hydrogen) atoms. The van der Waals surface area contributed by atoms with Crippen molar-refractivity contribution >= 4 is 11.8 Å². The van der Waals surface area contributed by atoms with Gasteiger partial charge in [0.25, 0.3) is 0 Å². The van der Waals surface area contributed by atoms with E-state index in [2.05, 4.69) is 13.8 Å². The van der Waals surface area contributed by atoms with Crippen LogP contribution < -0.4 is 0 Å². The van der Waals surface area contributed by atoms with Crippen molar-refractivity contribution in [2.24, 2.45) is 16.7 Å². The van der Waals surface area contributed by atoms with E-state index >= 15 is 0 Å². The minimum absolute atomic E-state index is 0.00366. The zero-order valence-corrected chi connectivity index (χ0v) is 10.7. The average Bonchev–Trinajstić information content (AvgIpc) is 3.03. The van der Waals surface area contributed by atoms with Gasteiger partial charge in [-0.25, -0.2) is 0 Å². The van der Waals surface area contributed by atoms with E-state index in [1.807, 2.05) is 6.92 Å². The number of fused-ring (bicyclic) bond motifs is 2. The molecule has 2 aliphatic heterocycles. The molecule has 3 rings (SSSR count). The Morgan fingerprint density at radius 2 is 2.00 bits per heavy atom. The molecular formula is C13H19NO3. The van der Waals surface area contributed by atoms with E-state index in [0.717, 1.165) is 12.8 Å². The van der Waals surface area contributed by atoms with Gasteiger partial charge in [-0.05, 0) is 18.3 Å². The molecule has 0 aromatic heterocycles. The van der Waals surface area contributed by atoms with E-state index in [4.69, 9.17) is 4.74 Å². The van der Waals surface area contributed by atoms with Crippen molar-refractivity contribution < 1.29 is 14.3 Å². The number of imide groups is 1. The summed E-state index contributed by atoms with van der Waals surface area (Å²) in [5.41, 5.74) is -0.581. The molecule has 3 aliphatic rings. The molecule has 2 amide bonds. The molecule has 0 radical (unpaired) electrons. The van der Waals surface area contributed by atoms with Crippen LogP contribution in [0.4, 0.5) is 0 Å². The zero-order chi connectivity index (χ0) is 12.4. The van der Waals surface area contributed by atoms with Crippen LogP contribution in [-0.4, -0.2) is 36.0 Å². The lowest BCUT2D eigenvalue weighted by molar-refractivity contribution is -0.168. The Kier molecular flexibility index (Phi) is 2.05. The van der Waals surface area contributed by atoms with E-state index in [9.17, 15) is 9.59 Å². The van der Waals surface area contributed by atoms with Gasteiger partial charge in [-0.2, -0.15) is 0 Å². The van der Waals surface area contributed by atoms with Crippen LogP contribution in [0, 0.1) is 16.7 Å². The van der Waals surface area contributed by atoms with Crippen molar-refractivity contribution in [3.63, 3.8) is 0 Å². The lowest BCUT2D eigenvalue weighted by Crippen LogP contribution is -2.59. The number of likely N-dealkylation sites (tertiary alicyclic amines) is 1. The molecule has 4 heteroatoms. The fourth-order valence-corrected chi connectivity index (χ4v) is 3.45. The summed E-state index contributed by atoms with van der Waals surface area (Å²) in [6, 6.07) is 0. The molecule has 2 saturated heterocycles. The maximum Gasteiger partial charge on any atom is 0.235 e. The van der Waals surface area contributed by atoms with Gasteiger partial charge in [0.1, 0.15) is 0 Å². The first-order valence-corrected chi connectivity index (χ1v) is 6.35. The molecule has 1 saturated carbocycles. The third kappa shape index (κ3) is 1.27. The molecule has 0 unspecified atom stereocenters. The van der Waals surface area contributed by atoms with Crippen molar-refractivity contribution in [3.05, 3.63) is 0 Å². The summed E-state index contributed by atoms with van der Waals surface area (Å²) in [5, 5.41) is 0. The van der Waals surface area contributed by atoms with Crippen LogP contribution in [0.3, 0.4) is 0 Å². The number of carbonyl (C=O) groups excluding carboxylic acids is 2. The van der Waals surface area contributed by atoms with Gasteiger partial charge in [-0.15, -0.1) is 0 Å². The first-order chi connectivity index (χ1) is 7.88. The molecule has 3 fully saturated rings. The van der Waals surface area contributed by atoms with Crippen molar-refractivity contribution in [1.29, 1.82) is 0 Å². The van der Waals surface area contributed by atoms with Gasteiger partial charge in [0.05, 0.1) is 24.7 Å². The highest BCUT2D eigenvalue weighted by Gasteiger charge is 2.64. The second-order valence-corrected chi connectivity index (χ2v) is 6.35. The molecule has 0 N–H and O–H groups in total. The van der Waals surface area contributed by atoms with Gasteiger partial charge < -0.3 is 4.74 Å². The van der Waals surface area contributed by atoms with E-state index in [1.165, 1.54) is 4.90 Å². The Morgan fingerprint density at radius 3 is 2.59 bits per heavy atom. The van der Waals surface area contributed by atoms with E-state index in [1.54, 1.807) is 0 Å². The molecule has 0 aromatic carbocycles. The minimum Gasteiger partial charge on any atom is -0.371 e. The quantitative estimate of drug-likeness (QED) is 0.535. The van der Waals surface area contributed by atoms with Crippen LogP contribution in [-0.2, 0) is 14.3 Å². The van der Waals surface area contributed by atoms with Crippen LogP contribution in [0.15, 0.2) is 0 Å². The summed E-state index contributed by atoms with van der Waals surface area (Å²) < 4.78 is 5.14. The Hall–Kier alpha value is -0.900. The van der Waals surface area contributed by atoms with Gasteiger partial charge in [0.2, 0.25) is 11.8 Å². The zero-order valence-electron chi connectivity index (χ0n) is 10.7. The number of nitrogens with zero attached hydrogens (tertiary/aromatic N) is 1. The topological polar surface area (TPSA) is 49.9 Å². The Balaban J connectivity index is 1.96. The van der Waals surface area contributed by atoms with Crippen molar-refractivity contribution in [2.45, 2.75) is 39.7 Å². The van der Waals surface area contributed by atoms with Gasteiger partial charge in [-0.3, -0.25) is 14.5 Å². The third-order valence-corrected chi connectivity index (χ3v) is 5.30. The van der Waals surface area contributed by atoms with E-state index < -0.39 is 0 Å². The highest BCUT2D eigenvalue weighted by molar-refractivity contribution is 6.03. The first kappa shape index (κ1) is 11.2. The molecule has 0 aromatic rings. The maximum atomic E-state index is 12.5. The Bertz CT molecular complexity index is 399. The van der Waals surface area contributed by atoms with Gasteiger partial charge in [0, 0.05) is 5.92 Å². The summed E-state index contributed by atoms with van der Waals surface area (Å²) in [4.78, 5) is 26.4. The molecule has 0 spiro atoms. The maximum absolute atomic E-state index is 12.5. The normalized spacial score (nSPS) is 43.1. The second kappa shape index (κ2) is 3.10. The number of epoxide rings is 1. The second-order valence-electron chi connectivity index (χ2n) is 6.35. The molecular weight excluding hydrogens is 218 g/mol. The summed E-state index contributed by atoms with van der Waals surface area (Å²) in [6.45, 7) is 7.28. The van der Waals surface area contributed by atoms with Gasteiger partial charge in [0.15, 0.2) is 0 Å². The molecule has 4 nitrogen and oxygen atoms in total. The standard InChI is InChI=1S/C13H19NO3/c1-12(2)9-4-5-13(12,3)11(16)14(10(9)15)6-8-7-17-8/h8-9H,4-7H2,1-3H3/t8-,9-,13-/m1/s1. The van der Waals surface area contributed by atoms with Crippen molar-refractivity contribution in [2.75, 3.05) is 13.2 Å².